The van der Waals surface area contributed by atoms with Gasteiger partial charge in [-0.2, -0.15) is 0 Å². The minimum atomic E-state index is -0.390. The quantitative estimate of drug-likeness (QED) is 0.607. The molecule has 2 nitrogen and oxygen atoms in total. The molecule has 2 aliphatic carbocycles. The van der Waals surface area contributed by atoms with E-state index in [-0.39, 0.29) is 5.41 Å². The Hall–Kier alpha value is -0.340. The van der Waals surface area contributed by atoms with Crippen LogP contribution in [-0.4, -0.2) is 19.0 Å². The van der Waals surface area contributed by atoms with Gasteiger partial charge in [-0.05, 0) is 57.3 Å². The van der Waals surface area contributed by atoms with Gasteiger partial charge in [-0.1, -0.05) is 19.1 Å². The number of ether oxygens (including phenoxy) is 2. The summed E-state index contributed by atoms with van der Waals surface area (Å²) >= 11 is 0. The van der Waals surface area contributed by atoms with Gasteiger partial charge in [0, 0.05) is 5.41 Å². The summed E-state index contributed by atoms with van der Waals surface area (Å²) in [5.74, 6) is 0.304. The van der Waals surface area contributed by atoms with E-state index in [0.29, 0.717) is 11.3 Å². The molecular formula is C16H26O2. The molecule has 0 amide bonds. The molecule has 18 heavy (non-hydrogen) atoms. The maximum absolute atomic E-state index is 5.92. The van der Waals surface area contributed by atoms with Gasteiger partial charge in [-0.3, -0.25) is 0 Å². The molecular weight excluding hydrogens is 224 g/mol. The number of rotatable bonds is 0. The average molecular weight is 250 g/mol. The lowest BCUT2D eigenvalue weighted by atomic mass is 9.59. The molecule has 1 heterocycles. The van der Waals surface area contributed by atoms with E-state index in [0.717, 1.165) is 13.2 Å². The highest BCUT2D eigenvalue weighted by Gasteiger charge is 2.52. The second kappa shape index (κ2) is 3.83. The summed E-state index contributed by atoms with van der Waals surface area (Å²) in [6.45, 7) is 12.5. The molecule has 2 atom stereocenters. The summed E-state index contributed by atoms with van der Waals surface area (Å²) in [4.78, 5) is 0. The van der Waals surface area contributed by atoms with Crippen LogP contribution in [0.25, 0.3) is 0 Å². The molecule has 1 spiro atoms. The molecule has 0 unspecified atom stereocenters. The predicted octanol–water partition coefficient (Wildman–Crippen LogP) is 3.91. The molecule has 1 aliphatic heterocycles. The molecule has 2 heteroatoms. The Labute approximate surface area is 111 Å². The Morgan fingerprint density at radius 1 is 1.06 bits per heavy atom. The SMILES string of the molecule is C=C1CC[C@]2(C)CCC3(COC(C)(C)OC3)C[C@H]12. The largest absolute Gasteiger partial charge is 0.350 e. The topological polar surface area (TPSA) is 18.5 Å². The van der Waals surface area contributed by atoms with Gasteiger partial charge in [-0.15, -0.1) is 0 Å². The maximum Gasteiger partial charge on any atom is 0.162 e. The van der Waals surface area contributed by atoms with Gasteiger partial charge in [0.15, 0.2) is 5.79 Å². The van der Waals surface area contributed by atoms with Crippen molar-refractivity contribution in [1.29, 1.82) is 0 Å². The number of hydrogen-bond donors (Lipinski definition) is 0. The Morgan fingerprint density at radius 2 is 1.72 bits per heavy atom. The molecule has 0 aromatic carbocycles. The smallest absolute Gasteiger partial charge is 0.162 e. The van der Waals surface area contributed by atoms with E-state index >= 15 is 0 Å². The van der Waals surface area contributed by atoms with Crippen molar-refractivity contribution in [3.63, 3.8) is 0 Å². The zero-order valence-electron chi connectivity index (χ0n) is 12.1. The Kier molecular flexibility index (Phi) is 2.70. The third-order valence-electron chi connectivity index (χ3n) is 5.67. The van der Waals surface area contributed by atoms with Crippen LogP contribution in [0.1, 0.15) is 52.9 Å². The first kappa shape index (κ1) is 12.7. The van der Waals surface area contributed by atoms with E-state index in [4.69, 9.17) is 9.47 Å². The zero-order valence-corrected chi connectivity index (χ0v) is 12.1. The summed E-state index contributed by atoms with van der Waals surface area (Å²) in [6, 6.07) is 0. The average Bonchev–Trinajstić information content (AvgIpc) is 2.61. The van der Waals surface area contributed by atoms with Crippen LogP contribution in [0.3, 0.4) is 0 Å². The Morgan fingerprint density at radius 3 is 2.39 bits per heavy atom. The number of fused-ring (bicyclic) bond motifs is 1. The van der Waals surface area contributed by atoms with Crippen molar-refractivity contribution in [3.8, 4) is 0 Å². The molecule has 0 aromatic rings. The second-order valence-corrected chi connectivity index (χ2v) is 7.55. The molecule has 2 saturated carbocycles. The van der Waals surface area contributed by atoms with Crippen molar-refractivity contribution in [2.75, 3.05) is 13.2 Å². The van der Waals surface area contributed by atoms with Crippen LogP contribution in [0.4, 0.5) is 0 Å². The lowest BCUT2D eigenvalue weighted by Gasteiger charge is -2.51. The summed E-state index contributed by atoms with van der Waals surface area (Å²) in [5, 5.41) is 0. The van der Waals surface area contributed by atoms with Crippen LogP contribution in [-0.2, 0) is 9.47 Å². The minimum Gasteiger partial charge on any atom is -0.350 e. The first-order valence-corrected chi connectivity index (χ1v) is 7.30. The molecule has 102 valence electrons. The fourth-order valence-electron chi connectivity index (χ4n) is 4.06. The first-order chi connectivity index (χ1) is 8.34. The lowest BCUT2D eigenvalue weighted by molar-refractivity contribution is -0.294. The lowest BCUT2D eigenvalue weighted by Crippen LogP contribution is -2.50. The molecule has 0 bridgehead atoms. The van der Waals surface area contributed by atoms with E-state index in [2.05, 4.69) is 13.5 Å². The van der Waals surface area contributed by atoms with Crippen molar-refractivity contribution in [2.24, 2.45) is 16.7 Å². The highest BCUT2D eigenvalue weighted by atomic mass is 16.7. The van der Waals surface area contributed by atoms with Crippen molar-refractivity contribution in [3.05, 3.63) is 12.2 Å². The van der Waals surface area contributed by atoms with E-state index in [9.17, 15) is 0 Å². The van der Waals surface area contributed by atoms with Gasteiger partial charge in [0.1, 0.15) is 0 Å². The minimum absolute atomic E-state index is 0.257. The first-order valence-electron chi connectivity index (χ1n) is 7.30. The van der Waals surface area contributed by atoms with E-state index in [1.54, 1.807) is 0 Å². The second-order valence-electron chi connectivity index (χ2n) is 7.55. The molecule has 0 aromatic heterocycles. The zero-order chi connectivity index (χ0) is 13.0. The Balaban J connectivity index is 1.76. The monoisotopic (exact) mass is 250 g/mol. The van der Waals surface area contributed by atoms with E-state index < -0.39 is 5.79 Å². The van der Waals surface area contributed by atoms with Gasteiger partial charge < -0.3 is 9.47 Å². The van der Waals surface area contributed by atoms with E-state index in [1.165, 1.54) is 37.7 Å². The van der Waals surface area contributed by atoms with Crippen LogP contribution in [0.2, 0.25) is 0 Å². The molecule has 3 aliphatic rings. The molecule has 0 N–H and O–H groups in total. The normalized spacial score (nSPS) is 41.9. The Bertz CT molecular complexity index is 361. The van der Waals surface area contributed by atoms with Gasteiger partial charge in [0.25, 0.3) is 0 Å². The standard InChI is InChI=1S/C16H26O2/c1-12-5-6-15(4)7-8-16(9-13(12)15)10-17-14(2,3)18-11-16/h13H,1,5-11H2,2-4H3/t13-,15-/m1/s1. The van der Waals surface area contributed by atoms with Crippen LogP contribution in [0, 0.1) is 16.7 Å². The summed E-state index contributed by atoms with van der Waals surface area (Å²) < 4.78 is 11.8. The summed E-state index contributed by atoms with van der Waals surface area (Å²) in [5.41, 5.74) is 2.24. The highest BCUT2D eigenvalue weighted by molar-refractivity contribution is 5.17. The number of allylic oxidation sites excluding steroid dienone is 1. The third kappa shape index (κ3) is 1.94. The van der Waals surface area contributed by atoms with Crippen molar-refractivity contribution >= 4 is 0 Å². The van der Waals surface area contributed by atoms with Crippen molar-refractivity contribution in [2.45, 2.75) is 58.7 Å². The maximum atomic E-state index is 5.92. The number of hydrogen-bond acceptors (Lipinski definition) is 2. The highest BCUT2D eigenvalue weighted by Crippen LogP contribution is 2.59. The summed E-state index contributed by atoms with van der Waals surface area (Å²) in [6.07, 6.45) is 6.34. The van der Waals surface area contributed by atoms with Crippen LogP contribution in [0.5, 0.6) is 0 Å². The molecule has 3 fully saturated rings. The van der Waals surface area contributed by atoms with Crippen LogP contribution in [0.15, 0.2) is 12.2 Å². The van der Waals surface area contributed by atoms with Crippen LogP contribution >= 0.6 is 0 Å². The predicted molar refractivity (Wildman–Crippen MR) is 72.2 cm³/mol. The van der Waals surface area contributed by atoms with Gasteiger partial charge in [0.05, 0.1) is 13.2 Å². The molecule has 3 rings (SSSR count). The van der Waals surface area contributed by atoms with Crippen LogP contribution < -0.4 is 0 Å². The van der Waals surface area contributed by atoms with Crippen molar-refractivity contribution < 1.29 is 9.47 Å². The van der Waals surface area contributed by atoms with Crippen molar-refractivity contribution in [1.82, 2.24) is 0 Å². The van der Waals surface area contributed by atoms with Gasteiger partial charge >= 0.3 is 0 Å². The van der Waals surface area contributed by atoms with E-state index in [1.807, 2.05) is 13.8 Å². The van der Waals surface area contributed by atoms with Gasteiger partial charge in [0.2, 0.25) is 0 Å². The third-order valence-corrected chi connectivity index (χ3v) is 5.67. The fraction of sp³-hybridized carbons (Fsp3) is 0.875. The summed E-state index contributed by atoms with van der Waals surface area (Å²) in [7, 11) is 0. The van der Waals surface area contributed by atoms with Gasteiger partial charge in [-0.25, -0.2) is 0 Å². The molecule has 0 radical (unpaired) electrons. The fourth-order valence-corrected chi connectivity index (χ4v) is 4.06. The molecule has 1 saturated heterocycles.